The number of hydrogen-bond acceptors (Lipinski definition) is 4. The maximum Gasteiger partial charge on any atom is 0.373 e. The third-order valence-electron chi connectivity index (χ3n) is 1.87. The Morgan fingerprint density at radius 2 is 2.12 bits per heavy atom. The molecule has 2 rings (SSSR count). The largest absolute Gasteiger partial charge is 0.484 e. The maximum absolute atomic E-state index is 10.5. The summed E-state index contributed by atoms with van der Waals surface area (Å²) in [5, 5.41) is 8.61. The molecule has 1 aromatic heterocycles. The molecule has 0 saturated carbocycles. The van der Waals surface area contributed by atoms with Gasteiger partial charge in [-0.2, -0.15) is 0 Å². The van der Waals surface area contributed by atoms with Crippen molar-refractivity contribution in [1.29, 1.82) is 0 Å². The van der Waals surface area contributed by atoms with E-state index < -0.39 is 5.97 Å². The molecule has 0 fully saturated rings. The van der Waals surface area contributed by atoms with Crippen molar-refractivity contribution in [2.45, 2.75) is 6.61 Å². The van der Waals surface area contributed by atoms with Gasteiger partial charge >= 0.3 is 5.97 Å². The first kappa shape index (κ1) is 10.2. The molecular weight excluding hydrogens is 210 g/mol. The van der Waals surface area contributed by atoms with Crippen molar-refractivity contribution in [3.05, 3.63) is 48.2 Å². The Kier molecular flexibility index (Phi) is 2.86. The van der Waals surface area contributed by atoms with Crippen molar-refractivity contribution >= 4 is 5.97 Å². The van der Waals surface area contributed by atoms with Gasteiger partial charge in [0.1, 0.15) is 5.75 Å². The molecule has 1 N–H and O–H groups in total. The van der Waals surface area contributed by atoms with Crippen LogP contribution in [0.4, 0.5) is 0 Å². The summed E-state index contributed by atoms with van der Waals surface area (Å²) >= 11 is 0. The van der Waals surface area contributed by atoms with Crippen LogP contribution in [0.15, 0.2) is 40.9 Å². The Labute approximate surface area is 91.3 Å². The van der Waals surface area contributed by atoms with E-state index in [1.807, 2.05) is 18.2 Å². The number of rotatable bonds is 4. The standard InChI is InChI=1S/C11H9NO4/c13-11(14)9-6-12-10(16-9)7-15-8-4-2-1-3-5-8/h1-6H,7H2,(H,13,14). The molecule has 0 atom stereocenters. The molecule has 0 radical (unpaired) electrons. The highest BCUT2D eigenvalue weighted by Gasteiger charge is 2.10. The number of nitrogens with zero attached hydrogens (tertiary/aromatic N) is 1. The van der Waals surface area contributed by atoms with Gasteiger partial charge in [-0.1, -0.05) is 18.2 Å². The van der Waals surface area contributed by atoms with E-state index >= 15 is 0 Å². The zero-order valence-electron chi connectivity index (χ0n) is 8.29. The normalized spacial score (nSPS) is 10.0. The van der Waals surface area contributed by atoms with Gasteiger partial charge in [-0.05, 0) is 12.1 Å². The lowest BCUT2D eigenvalue weighted by Gasteiger charge is -2.01. The van der Waals surface area contributed by atoms with E-state index in [0.717, 1.165) is 6.20 Å². The Balaban J connectivity index is 1.97. The van der Waals surface area contributed by atoms with E-state index in [2.05, 4.69) is 4.98 Å². The van der Waals surface area contributed by atoms with Crippen LogP contribution in [0.2, 0.25) is 0 Å². The van der Waals surface area contributed by atoms with Gasteiger partial charge in [-0.25, -0.2) is 9.78 Å². The number of hydrogen-bond donors (Lipinski definition) is 1. The molecule has 0 aliphatic carbocycles. The number of para-hydroxylation sites is 1. The Morgan fingerprint density at radius 3 is 2.75 bits per heavy atom. The van der Waals surface area contributed by atoms with Crippen LogP contribution in [-0.4, -0.2) is 16.1 Å². The van der Waals surface area contributed by atoms with Crippen LogP contribution in [0.3, 0.4) is 0 Å². The average Bonchev–Trinajstić information content (AvgIpc) is 2.76. The molecule has 5 heteroatoms. The number of aromatic nitrogens is 1. The minimum absolute atomic E-state index is 0.108. The molecule has 0 aliphatic heterocycles. The van der Waals surface area contributed by atoms with Crippen LogP contribution in [0.5, 0.6) is 5.75 Å². The minimum atomic E-state index is -1.14. The second kappa shape index (κ2) is 4.48. The van der Waals surface area contributed by atoms with Crippen molar-refractivity contribution in [2.75, 3.05) is 0 Å². The lowest BCUT2D eigenvalue weighted by atomic mass is 10.3. The Hall–Kier alpha value is -2.30. The molecule has 0 spiro atoms. The summed E-state index contributed by atoms with van der Waals surface area (Å²) in [5.41, 5.74) is 0. The van der Waals surface area contributed by atoms with Gasteiger partial charge < -0.3 is 14.3 Å². The number of carboxylic acid groups (broad SMARTS) is 1. The summed E-state index contributed by atoms with van der Waals surface area (Å²) in [6.07, 6.45) is 1.16. The van der Waals surface area contributed by atoms with E-state index in [1.165, 1.54) is 0 Å². The molecule has 0 amide bonds. The second-order valence-corrected chi connectivity index (χ2v) is 3.03. The van der Waals surface area contributed by atoms with Crippen LogP contribution in [-0.2, 0) is 6.61 Å². The van der Waals surface area contributed by atoms with Gasteiger partial charge in [0.05, 0.1) is 6.20 Å². The number of ether oxygens (including phenoxy) is 1. The first-order valence-corrected chi connectivity index (χ1v) is 4.61. The zero-order valence-corrected chi connectivity index (χ0v) is 8.29. The van der Waals surface area contributed by atoms with E-state index in [9.17, 15) is 4.79 Å². The zero-order chi connectivity index (χ0) is 11.4. The molecule has 0 bridgehead atoms. The molecule has 5 nitrogen and oxygen atoms in total. The van der Waals surface area contributed by atoms with Crippen molar-refractivity contribution in [2.24, 2.45) is 0 Å². The van der Waals surface area contributed by atoms with E-state index in [1.54, 1.807) is 12.1 Å². The highest BCUT2D eigenvalue weighted by Crippen LogP contribution is 2.11. The quantitative estimate of drug-likeness (QED) is 0.850. The molecular formula is C11H9NO4. The number of carboxylic acids is 1. The summed E-state index contributed by atoms with van der Waals surface area (Å²) < 4.78 is 10.3. The lowest BCUT2D eigenvalue weighted by molar-refractivity contribution is 0.0658. The predicted octanol–water partition coefficient (Wildman–Crippen LogP) is 1.95. The predicted molar refractivity (Wildman–Crippen MR) is 54.2 cm³/mol. The third kappa shape index (κ3) is 2.38. The highest BCUT2D eigenvalue weighted by atomic mass is 16.5. The summed E-state index contributed by atoms with van der Waals surface area (Å²) in [6.45, 7) is 0.108. The SMILES string of the molecule is O=C(O)c1cnc(COc2ccccc2)o1. The van der Waals surface area contributed by atoms with Crippen molar-refractivity contribution in [1.82, 2.24) is 4.98 Å². The molecule has 2 aromatic rings. The Bertz CT molecular complexity index is 478. The smallest absolute Gasteiger partial charge is 0.373 e. The summed E-state index contributed by atoms with van der Waals surface area (Å²) in [4.78, 5) is 14.3. The monoisotopic (exact) mass is 219 g/mol. The number of benzene rings is 1. The van der Waals surface area contributed by atoms with Crippen LogP contribution in [0.25, 0.3) is 0 Å². The van der Waals surface area contributed by atoms with Crippen LogP contribution in [0, 0.1) is 0 Å². The van der Waals surface area contributed by atoms with Gasteiger partial charge in [0, 0.05) is 0 Å². The first-order chi connectivity index (χ1) is 7.75. The van der Waals surface area contributed by atoms with Crippen LogP contribution >= 0.6 is 0 Å². The van der Waals surface area contributed by atoms with Crippen LogP contribution < -0.4 is 4.74 Å². The maximum atomic E-state index is 10.5. The molecule has 82 valence electrons. The van der Waals surface area contributed by atoms with Crippen molar-refractivity contribution in [3.8, 4) is 5.75 Å². The summed E-state index contributed by atoms with van der Waals surface area (Å²) in [5.74, 6) is -0.413. The van der Waals surface area contributed by atoms with E-state index in [4.69, 9.17) is 14.3 Å². The Morgan fingerprint density at radius 1 is 1.38 bits per heavy atom. The van der Waals surface area contributed by atoms with Gasteiger partial charge in [0.15, 0.2) is 6.61 Å². The van der Waals surface area contributed by atoms with Gasteiger partial charge in [-0.15, -0.1) is 0 Å². The molecule has 0 aliphatic rings. The van der Waals surface area contributed by atoms with Gasteiger partial charge in [-0.3, -0.25) is 0 Å². The van der Waals surface area contributed by atoms with E-state index in [-0.39, 0.29) is 18.3 Å². The highest BCUT2D eigenvalue weighted by molar-refractivity contribution is 5.83. The third-order valence-corrected chi connectivity index (χ3v) is 1.87. The number of carbonyl (C=O) groups is 1. The minimum Gasteiger partial charge on any atom is -0.484 e. The molecule has 0 saturated heterocycles. The second-order valence-electron chi connectivity index (χ2n) is 3.03. The van der Waals surface area contributed by atoms with Gasteiger partial charge in [0.25, 0.3) is 0 Å². The number of aromatic carboxylic acids is 1. The van der Waals surface area contributed by atoms with Crippen molar-refractivity contribution in [3.63, 3.8) is 0 Å². The first-order valence-electron chi connectivity index (χ1n) is 4.61. The van der Waals surface area contributed by atoms with E-state index in [0.29, 0.717) is 5.75 Å². The van der Waals surface area contributed by atoms with Crippen molar-refractivity contribution < 1.29 is 19.1 Å². The fourth-order valence-corrected chi connectivity index (χ4v) is 1.14. The van der Waals surface area contributed by atoms with Crippen LogP contribution in [0.1, 0.15) is 16.4 Å². The van der Waals surface area contributed by atoms with Gasteiger partial charge in [0.2, 0.25) is 11.7 Å². The lowest BCUT2D eigenvalue weighted by Crippen LogP contribution is -1.95. The fourth-order valence-electron chi connectivity index (χ4n) is 1.14. The number of oxazole rings is 1. The summed E-state index contributed by atoms with van der Waals surface area (Å²) in [6, 6.07) is 9.14. The molecule has 1 heterocycles. The average molecular weight is 219 g/mol. The molecule has 16 heavy (non-hydrogen) atoms. The topological polar surface area (TPSA) is 72.6 Å². The molecule has 0 unspecified atom stereocenters. The fraction of sp³-hybridized carbons (Fsp3) is 0.0909. The summed E-state index contributed by atoms with van der Waals surface area (Å²) in [7, 11) is 0. The molecule has 1 aromatic carbocycles.